The smallest absolute Gasteiger partial charge is 0.407 e. The first-order valence-corrected chi connectivity index (χ1v) is 11.6. The van der Waals surface area contributed by atoms with Crippen LogP contribution in [0.5, 0.6) is 0 Å². The highest BCUT2D eigenvalue weighted by Gasteiger charge is 2.33. The molecule has 0 saturated heterocycles. The minimum atomic E-state index is -1.40. The van der Waals surface area contributed by atoms with Gasteiger partial charge in [0.25, 0.3) is 0 Å². The molecule has 0 spiro atoms. The standard InChI is InChI=1S/C26H30N2O6/c1-15(29)23(25(31)32)28-24(30)17(12-16-10-11-16)13-27-26(33)34-14-22-20-8-4-2-6-18(20)19-7-3-5-9-21(19)22/h2-9,15-17,22-23,29H,10-14H2,1H3,(H,27,33)(H,28,30)(H,31,32). The molecule has 0 bridgehead atoms. The number of hydrogen-bond donors (Lipinski definition) is 4. The highest BCUT2D eigenvalue weighted by atomic mass is 16.5. The van der Waals surface area contributed by atoms with Crippen molar-refractivity contribution in [3.05, 3.63) is 59.7 Å². The average Bonchev–Trinajstić information content (AvgIpc) is 3.59. The van der Waals surface area contributed by atoms with Gasteiger partial charge in [-0.15, -0.1) is 0 Å². The zero-order chi connectivity index (χ0) is 24.2. The topological polar surface area (TPSA) is 125 Å². The van der Waals surface area contributed by atoms with Crippen LogP contribution in [0.15, 0.2) is 48.5 Å². The maximum absolute atomic E-state index is 12.7. The fourth-order valence-electron chi connectivity index (χ4n) is 4.55. The van der Waals surface area contributed by atoms with Gasteiger partial charge in [0.2, 0.25) is 5.91 Å². The van der Waals surface area contributed by atoms with E-state index >= 15 is 0 Å². The van der Waals surface area contributed by atoms with E-state index in [1.807, 2.05) is 36.4 Å². The summed E-state index contributed by atoms with van der Waals surface area (Å²) < 4.78 is 5.53. The summed E-state index contributed by atoms with van der Waals surface area (Å²) in [5, 5.41) is 23.9. The summed E-state index contributed by atoms with van der Waals surface area (Å²) in [5.41, 5.74) is 4.50. The number of aliphatic hydroxyl groups excluding tert-OH is 1. The predicted molar refractivity (Wildman–Crippen MR) is 125 cm³/mol. The van der Waals surface area contributed by atoms with E-state index in [9.17, 15) is 24.6 Å². The van der Waals surface area contributed by atoms with Crippen molar-refractivity contribution in [1.82, 2.24) is 10.6 Å². The molecule has 8 heteroatoms. The molecule has 34 heavy (non-hydrogen) atoms. The van der Waals surface area contributed by atoms with Gasteiger partial charge in [-0.25, -0.2) is 9.59 Å². The Hall–Kier alpha value is -3.39. The Morgan fingerprint density at radius 3 is 2.15 bits per heavy atom. The van der Waals surface area contributed by atoms with Crippen LogP contribution in [-0.4, -0.2) is 53.5 Å². The summed E-state index contributed by atoms with van der Waals surface area (Å²) in [4.78, 5) is 36.5. The van der Waals surface area contributed by atoms with Crippen LogP contribution in [0, 0.1) is 11.8 Å². The van der Waals surface area contributed by atoms with Gasteiger partial charge in [0.1, 0.15) is 6.61 Å². The molecule has 2 aliphatic rings. The summed E-state index contributed by atoms with van der Waals surface area (Å²) in [6, 6.07) is 14.7. The van der Waals surface area contributed by atoms with Crippen LogP contribution in [0.3, 0.4) is 0 Å². The molecule has 2 aromatic carbocycles. The van der Waals surface area contributed by atoms with E-state index in [0.29, 0.717) is 12.3 Å². The van der Waals surface area contributed by atoms with E-state index in [0.717, 1.165) is 35.1 Å². The number of carbonyl (C=O) groups is 3. The number of hydrogen-bond acceptors (Lipinski definition) is 5. The van der Waals surface area contributed by atoms with E-state index in [1.165, 1.54) is 6.92 Å². The van der Waals surface area contributed by atoms with Crippen molar-refractivity contribution < 1.29 is 29.3 Å². The zero-order valence-electron chi connectivity index (χ0n) is 19.1. The quantitative estimate of drug-likeness (QED) is 0.427. The third-order valence-corrected chi connectivity index (χ3v) is 6.57. The number of amides is 2. The molecule has 4 N–H and O–H groups in total. The van der Waals surface area contributed by atoms with Gasteiger partial charge in [0, 0.05) is 12.5 Å². The molecule has 0 aromatic heterocycles. The van der Waals surface area contributed by atoms with Crippen LogP contribution in [0.25, 0.3) is 11.1 Å². The van der Waals surface area contributed by atoms with E-state index in [-0.39, 0.29) is 19.1 Å². The fraction of sp³-hybridized carbons (Fsp3) is 0.423. The SMILES string of the molecule is CC(O)C(NC(=O)C(CNC(=O)OCC1c2ccccc2-c2ccccc21)CC1CC1)C(=O)O. The van der Waals surface area contributed by atoms with Crippen LogP contribution in [0.4, 0.5) is 4.79 Å². The molecule has 1 fully saturated rings. The lowest BCUT2D eigenvalue weighted by atomic mass is 9.98. The van der Waals surface area contributed by atoms with Crippen LogP contribution in [0.2, 0.25) is 0 Å². The first kappa shape index (κ1) is 23.8. The molecular formula is C26H30N2O6. The number of fused-ring (bicyclic) bond motifs is 3. The number of alkyl carbamates (subject to hydrolysis) is 1. The number of carbonyl (C=O) groups excluding carboxylic acids is 2. The summed E-state index contributed by atoms with van der Waals surface area (Å²) in [7, 11) is 0. The lowest BCUT2D eigenvalue weighted by molar-refractivity contribution is -0.145. The summed E-state index contributed by atoms with van der Waals surface area (Å²) >= 11 is 0. The third-order valence-electron chi connectivity index (χ3n) is 6.57. The van der Waals surface area contributed by atoms with Gasteiger partial charge in [0.15, 0.2) is 6.04 Å². The van der Waals surface area contributed by atoms with E-state index in [2.05, 4.69) is 22.8 Å². The fourth-order valence-corrected chi connectivity index (χ4v) is 4.55. The van der Waals surface area contributed by atoms with Crippen molar-refractivity contribution in [2.24, 2.45) is 11.8 Å². The molecule has 180 valence electrons. The van der Waals surface area contributed by atoms with Gasteiger partial charge in [0.05, 0.1) is 12.0 Å². The Morgan fingerprint density at radius 2 is 1.62 bits per heavy atom. The number of ether oxygens (including phenoxy) is 1. The largest absolute Gasteiger partial charge is 0.480 e. The summed E-state index contributed by atoms with van der Waals surface area (Å²) in [5.74, 6) is -2.09. The van der Waals surface area contributed by atoms with Crippen molar-refractivity contribution >= 4 is 18.0 Å². The normalized spacial score (nSPS) is 17.1. The monoisotopic (exact) mass is 466 g/mol. The second kappa shape index (κ2) is 10.3. The van der Waals surface area contributed by atoms with Gasteiger partial charge < -0.3 is 25.6 Å². The summed E-state index contributed by atoms with van der Waals surface area (Å²) in [6.07, 6.45) is 0.696. The Balaban J connectivity index is 1.35. The van der Waals surface area contributed by atoms with E-state index < -0.39 is 36.0 Å². The van der Waals surface area contributed by atoms with E-state index in [4.69, 9.17) is 4.74 Å². The molecule has 2 aliphatic carbocycles. The highest BCUT2D eigenvalue weighted by molar-refractivity contribution is 5.86. The molecule has 0 aliphatic heterocycles. The summed E-state index contributed by atoms with van der Waals surface area (Å²) in [6.45, 7) is 1.51. The molecular weight excluding hydrogens is 436 g/mol. The molecule has 2 amide bonds. The van der Waals surface area contributed by atoms with Crippen LogP contribution in [0.1, 0.15) is 43.2 Å². The number of rotatable bonds is 10. The predicted octanol–water partition coefficient (Wildman–Crippen LogP) is 2.89. The Morgan fingerprint density at radius 1 is 1.03 bits per heavy atom. The Kier molecular flexibility index (Phi) is 7.17. The van der Waals surface area contributed by atoms with Crippen LogP contribution >= 0.6 is 0 Å². The third kappa shape index (κ3) is 5.39. The highest BCUT2D eigenvalue weighted by Crippen LogP contribution is 2.44. The van der Waals surface area contributed by atoms with Gasteiger partial charge in [-0.2, -0.15) is 0 Å². The molecule has 4 rings (SSSR count). The number of aliphatic carboxylic acids is 1. The molecule has 3 atom stereocenters. The van der Waals surface area contributed by atoms with Gasteiger partial charge in [-0.3, -0.25) is 4.79 Å². The Bertz CT molecular complexity index is 1020. The van der Waals surface area contributed by atoms with Crippen molar-refractivity contribution in [2.45, 2.75) is 44.2 Å². The second-order valence-electron chi connectivity index (χ2n) is 9.15. The van der Waals surface area contributed by atoms with Crippen LogP contribution in [-0.2, 0) is 14.3 Å². The number of nitrogens with one attached hydrogen (secondary N) is 2. The Labute approximate surface area is 198 Å². The van der Waals surface area contributed by atoms with Crippen molar-refractivity contribution in [2.75, 3.05) is 13.2 Å². The molecule has 8 nitrogen and oxygen atoms in total. The maximum Gasteiger partial charge on any atom is 0.407 e. The molecule has 2 aromatic rings. The average molecular weight is 467 g/mol. The molecule has 1 saturated carbocycles. The maximum atomic E-state index is 12.7. The van der Waals surface area contributed by atoms with E-state index in [1.54, 1.807) is 0 Å². The minimum Gasteiger partial charge on any atom is -0.480 e. The minimum absolute atomic E-state index is 0.0329. The van der Waals surface area contributed by atoms with Crippen LogP contribution < -0.4 is 10.6 Å². The van der Waals surface area contributed by atoms with Gasteiger partial charge in [-0.1, -0.05) is 61.4 Å². The van der Waals surface area contributed by atoms with Crippen molar-refractivity contribution in [3.63, 3.8) is 0 Å². The van der Waals surface area contributed by atoms with Gasteiger partial charge in [-0.05, 0) is 41.5 Å². The number of benzene rings is 2. The first-order chi connectivity index (χ1) is 16.3. The zero-order valence-corrected chi connectivity index (χ0v) is 19.1. The molecule has 3 unspecified atom stereocenters. The number of aliphatic hydroxyl groups is 1. The second-order valence-corrected chi connectivity index (χ2v) is 9.15. The lowest BCUT2D eigenvalue weighted by Crippen LogP contribution is -2.51. The molecule has 0 radical (unpaired) electrons. The van der Waals surface area contributed by atoms with Crippen molar-refractivity contribution in [3.8, 4) is 11.1 Å². The van der Waals surface area contributed by atoms with Gasteiger partial charge >= 0.3 is 12.1 Å². The molecule has 0 heterocycles. The lowest BCUT2D eigenvalue weighted by Gasteiger charge is -2.22. The number of carboxylic acids is 1. The first-order valence-electron chi connectivity index (χ1n) is 11.6. The number of carboxylic acid groups (broad SMARTS) is 1. The van der Waals surface area contributed by atoms with Crippen molar-refractivity contribution in [1.29, 1.82) is 0 Å².